The summed E-state index contributed by atoms with van der Waals surface area (Å²) in [4.78, 5) is 24.3. The Bertz CT molecular complexity index is 1080. The molecule has 0 aliphatic carbocycles. The van der Waals surface area contributed by atoms with Crippen LogP contribution in [-0.4, -0.2) is 28.2 Å². The maximum atomic E-state index is 11.8. The van der Waals surface area contributed by atoms with E-state index in [2.05, 4.69) is 20.2 Å². The van der Waals surface area contributed by atoms with Gasteiger partial charge in [0.1, 0.15) is 10.9 Å². The van der Waals surface area contributed by atoms with Crippen molar-refractivity contribution in [3.05, 3.63) is 88.5 Å². The Morgan fingerprint density at radius 1 is 1.11 bits per heavy atom. The number of hydrogen-bond donors (Lipinski definition) is 1. The molecule has 0 unspecified atom stereocenters. The molecule has 5 nitrogen and oxygen atoms in total. The molecule has 1 amide bonds. The van der Waals surface area contributed by atoms with Crippen molar-refractivity contribution >= 4 is 35.1 Å². The van der Waals surface area contributed by atoms with Gasteiger partial charge in [-0.05, 0) is 42.5 Å². The fourth-order valence-electron chi connectivity index (χ4n) is 3.45. The number of aromatic nitrogens is 1. The molecule has 1 N–H and O–H groups in total. The van der Waals surface area contributed by atoms with Gasteiger partial charge in [0.05, 0.1) is 5.70 Å². The molecule has 0 atom stereocenters. The molecule has 2 aromatic rings. The van der Waals surface area contributed by atoms with E-state index in [-0.39, 0.29) is 5.91 Å². The van der Waals surface area contributed by atoms with Crippen LogP contribution < -0.4 is 5.32 Å². The summed E-state index contributed by atoms with van der Waals surface area (Å²) >= 11 is 7.53. The van der Waals surface area contributed by atoms with Crippen LogP contribution in [0.4, 0.5) is 0 Å². The molecule has 3 aliphatic rings. The molecule has 7 heteroatoms. The molecular weight excluding hydrogens is 392 g/mol. The smallest absolute Gasteiger partial charge is 0.248 e. The van der Waals surface area contributed by atoms with Crippen LogP contribution in [0.5, 0.6) is 0 Å². The van der Waals surface area contributed by atoms with Crippen LogP contribution in [0, 0.1) is 0 Å². The average molecular weight is 407 g/mol. The largest absolute Gasteiger partial charge is 0.324 e. The molecule has 0 saturated heterocycles. The Balaban J connectivity index is 1.42. The Hall–Kier alpha value is -2.83. The van der Waals surface area contributed by atoms with Crippen LogP contribution in [-0.2, 0) is 4.79 Å². The van der Waals surface area contributed by atoms with Gasteiger partial charge in [-0.1, -0.05) is 23.4 Å². The summed E-state index contributed by atoms with van der Waals surface area (Å²) in [6, 6.07) is 11.7. The van der Waals surface area contributed by atoms with Gasteiger partial charge in [0.25, 0.3) is 0 Å². The second kappa shape index (κ2) is 6.96. The lowest BCUT2D eigenvalue weighted by molar-refractivity contribution is -0.115. The van der Waals surface area contributed by atoms with Crippen LogP contribution in [0.2, 0.25) is 5.02 Å². The zero-order chi connectivity index (χ0) is 19.1. The number of pyridine rings is 1. The number of amides is 1. The SMILES string of the molecule is O=C1C=CC2=CN=C(c3ccc(Sc4ccc(Cl)cc4)nc3)N3CCC(=C23)N1. The van der Waals surface area contributed by atoms with Gasteiger partial charge < -0.3 is 10.2 Å². The van der Waals surface area contributed by atoms with Crippen molar-refractivity contribution in [2.24, 2.45) is 4.99 Å². The van der Waals surface area contributed by atoms with Crippen molar-refractivity contribution in [3.8, 4) is 0 Å². The van der Waals surface area contributed by atoms with Gasteiger partial charge in [0, 0.05) is 58.2 Å². The maximum absolute atomic E-state index is 11.8. The molecule has 0 saturated carbocycles. The van der Waals surface area contributed by atoms with Crippen LogP contribution in [0.15, 0.2) is 92.8 Å². The highest BCUT2D eigenvalue weighted by Crippen LogP contribution is 2.34. The molecule has 138 valence electrons. The molecule has 28 heavy (non-hydrogen) atoms. The molecule has 4 heterocycles. The molecule has 0 radical (unpaired) electrons. The van der Waals surface area contributed by atoms with Crippen molar-refractivity contribution in [2.75, 3.05) is 6.54 Å². The van der Waals surface area contributed by atoms with E-state index in [9.17, 15) is 4.79 Å². The number of halogens is 1. The van der Waals surface area contributed by atoms with Crippen molar-refractivity contribution in [1.29, 1.82) is 0 Å². The summed E-state index contributed by atoms with van der Waals surface area (Å²) in [6.45, 7) is 0.788. The molecular formula is C21H15ClN4OS. The minimum Gasteiger partial charge on any atom is -0.324 e. The van der Waals surface area contributed by atoms with Gasteiger partial charge in [-0.2, -0.15) is 0 Å². The molecule has 5 rings (SSSR count). The summed E-state index contributed by atoms with van der Waals surface area (Å²) < 4.78 is 0. The third-order valence-electron chi connectivity index (χ3n) is 4.72. The summed E-state index contributed by atoms with van der Waals surface area (Å²) in [5.41, 5.74) is 3.89. The van der Waals surface area contributed by atoms with Gasteiger partial charge in [0.2, 0.25) is 5.91 Å². The molecule has 1 aromatic carbocycles. The van der Waals surface area contributed by atoms with E-state index in [4.69, 9.17) is 11.6 Å². The Kier molecular flexibility index (Phi) is 4.30. The number of amidine groups is 1. The van der Waals surface area contributed by atoms with E-state index in [1.165, 1.54) is 0 Å². The van der Waals surface area contributed by atoms with E-state index in [1.807, 2.05) is 54.9 Å². The molecule has 1 aromatic heterocycles. The molecule has 0 fully saturated rings. The number of benzene rings is 1. The number of nitrogens with zero attached hydrogens (tertiary/aromatic N) is 3. The summed E-state index contributed by atoms with van der Waals surface area (Å²) in [5, 5.41) is 4.60. The second-order valence-electron chi connectivity index (χ2n) is 6.53. The average Bonchev–Trinajstić information content (AvgIpc) is 3.05. The van der Waals surface area contributed by atoms with Gasteiger partial charge in [-0.15, -0.1) is 0 Å². The zero-order valence-electron chi connectivity index (χ0n) is 14.7. The summed E-state index contributed by atoms with van der Waals surface area (Å²) in [6.07, 6.45) is 7.82. The number of carbonyl (C=O) groups is 1. The van der Waals surface area contributed by atoms with Crippen molar-refractivity contribution in [1.82, 2.24) is 15.2 Å². The number of nitrogens with one attached hydrogen (secondary N) is 1. The van der Waals surface area contributed by atoms with Crippen LogP contribution in [0.25, 0.3) is 0 Å². The predicted octanol–water partition coefficient (Wildman–Crippen LogP) is 4.13. The number of carbonyl (C=O) groups excluding carboxylic acids is 1. The van der Waals surface area contributed by atoms with Gasteiger partial charge in [0.15, 0.2) is 0 Å². The Morgan fingerprint density at radius 3 is 2.75 bits per heavy atom. The van der Waals surface area contributed by atoms with E-state index in [0.29, 0.717) is 0 Å². The monoisotopic (exact) mass is 406 g/mol. The lowest BCUT2D eigenvalue weighted by atomic mass is 10.1. The molecule has 0 bridgehead atoms. The summed E-state index contributed by atoms with van der Waals surface area (Å²) in [5.74, 6) is 0.764. The molecule has 0 spiro atoms. The Labute approximate surface area is 171 Å². The van der Waals surface area contributed by atoms with Gasteiger partial charge >= 0.3 is 0 Å². The highest BCUT2D eigenvalue weighted by molar-refractivity contribution is 7.99. The maximum Gasteiger partial charge on any atom is 0.248 e. The highest BCUT2D eigenvalue weighted by atomic mass is 35.5. The first-order valence-electron chi connectivity index (χ1n) is 8.85. The first-order chi connectivity index (χ1) is 13.7. The Morgan fingerprint density at radius 2 is 1.96 bits per heavy atom. The quantitative estimate of drug-likeness (QED) is 0.832. The third-order valence-corrected chi connectivity index (χ3v) is 5.93. The fraction of sp³-hybridized carbons (Fsp3) is 0.0952. The van der Waals surface area contributed by atoms with Crippen molar-refractivity contribution < 1.29 is 4.79 Å². The predicted molar refractivity (Wildman–Crippen MR) is 110 cm³/mol. The third kappa shape index (κ3) is 3.15. The van der Waals surface area contributed by atoms with E-state index >= 15 is 0 Å². The first-order valence-corrected chi connectivity index (χ1v) is 10.0. The summed E-state index contributed by atoms with van der Waals surface area (Å²) in [7, 11) is 0. The minimum absolute atomic E-state index is 0.0913. The topological polar surface area (TPSA) is 57.6 Å². The lowest BCUT2D eigenvalue weighted by Crippen LogP contribution is -2.31. The minimum atomic E-state index is -0.0913. The first kappa shape index (κ1) is 17.3. The van der Waals surface area contributed by atoms with Crippen molar-refractivity contribution in [2.45, 2.75) is 16.3 Å². The van der Waals surface area contributed by atoms with Crippen LogP contribution in [0.3, 0.4) is 0 Å². The normalized spacial score (nSPS) is 17.8. The van der Waals surface area contributed by atoms with Gasteiger partial charge in [-0.3, -0.25) is 4.79 Å². The highest BCUT2D eigenvalue weighted by Gasteiger charge is 2.32. The van der Waals surface area contributed by atoms with Crippen molar-refractivity contribution in [3.63, 3.8) is 0 Å². The number of hydrogen-bond acceptors (Lipinski definition) is 5. The van der Waals surface area contributed by atoms with Gasteiger partial charge in [-0.25, -0.2) is 9.98 Å². The van der Waals surface area contributed by atoms with Crippen LogP contribution in [0.1, 0.15) is 12.0 Å². The lowest BCUT2D eigenvalue weighted by Gasteiger charge is -2.27. The zero-order valence-corrected chi connectivity index (χ0v) is 16.3. The van der Waals surface area contributed by atoms with E-state index in [0.717, 1.165) is 56.3 Å². The van der Waals surface area contributed by atoms with Crippen LogP contribution >= 0.6 is 23.4 Å². The number of allylic oxidation sites excluding steroid dienone is 1. The fourth-order valence-corrected chi connectivity index (χ4v) is 4.33. The second-order valence-corrected chi connectivity index (χ2v) is 8.06. The number of aliphatic imine (C=N–C) groups is 1. The molecule has 3 aliphatic heterocycles. The standard InChI is InChI=1S/C21H15ClN4OS/c22-15-3-5-16(6-4-15)28-19-8-2-14(12-23-19)21-24-11-13-1-7-18(27)25-17-9-10-26(21)20(13)17/h1-8,11-12H,9-10H2,(H,25,27). The number of rotatable bonds is 3. The van der Waals surface area contributed by atoms with E-state index < -0.39 is 0 Å². The van der Waals surface area contributed by atoms with E-state index in [1.54, 1.807) is 17.8 Å².